The summed E-state index contributed by atoms with van der Waals surface area (Å²) in [5, 5.41) is 0. The zero-order chi connectivity index (χ0) is 21.5. The second-order valence-corrected chi connectivity index (χ2v) is 6.52. The van der Waals surface area contributed by atoms with E-state index >= 15 is 0 Å². The highest BCUT2D eigenvalue weighted by atomic mass is 16.5. The first-order valence-electron chi connectivity index (χ1n) is 9.17. The number of nitrogens with zero attached hydrogens (tertiary/aromatic N) is 1. The van der Waals surface area contributed by atoms with Gasteiger partial charge in [-0.25, -0.2) is 4.79 Å². The Hall–Kier alpha value is -4.01. The number of imide groups is 1. The Kier molecular flexibility index (Phi) is 6.53. The minimum Gasteiger partial charge on any atom is -0.452 e. The highest BCUT2D eigenvalue weighted by Crippen LogP contribution is 2.16. The lowest BCUT2D eigenvalue weighted by Gasteiger charge is -2.13. The van der Waals surface area contributed by atoms with Gasteiger partial charge < -0.3 is 4.74 Å². The van der Waals surface area contributed by atoms with Gasteiger partial charge in [0, 0.05) is 18.4 Å². The molecule has 2 N–H and O–H groups in total. The summed E-state index contributed by atoms with van der Waals surface area (Å²) in [4.78, 5) is 60.1. The molecule has 0 radical (unpaired) electrons. The summed E-state index contributed by atoms with van der Waals surface area (Å²) in [6, 6.07) is 14.5. The lowest BCUT2D eigenvalue weighted by molar-refractivity contribution is -0.139. The van der Waals surface area contributed by atoms with Crippen molar-refractivity contribution in [3.8, 4) is 0 Å². The van der Waals surface area contributed by atoms with Crippen LogP contribution in [0.4, 0.5) is 0 Å². The first-order valence-corrected chi connectivity index (χ1v) is 9.17. The van der Waals surface area contributed by atoms with Gasteiger partial charge in [0.2, 0.25) is 11.8 Å². The fourth-order valence-corrected chi connectivity index (χ4v) is 2.77. The van der Waals surface area contributed by atoms with Crippen molar-refractivity contribution in [2.75, 3.05) is 6.61 Å². The van der Waals surface area contributed by atoms with Crippen LogP contribution < -0.4 is 10.9 Å². The average Bonchev–Trinajstić information content (AvgIpc) is 3.09. The molecule has 1 saturated heterocycles. The van der Waals surface area contributed by atoms with Crippen LogP contribution >= 0.6 is 0 Å². The second kappa shape index (κ2) is 9.46. The molecule has 0 aliphatic carbocycles. The molecule has 9 heteroatoms. The van der Waals surface area contributed by atoms with Crippen molar-refractivity contribution in [2.45, 2.75) is 19.4 Å². The Morgan fingerprint density at radius 3 is 2.10 bits per heavy atom. The molecule has 0 saturated carbocycles. The fraction of sp³-hybridized carbons (Fsp3) is 0.190. The van der Waals surface area contributed by atoms with Crippen molar-refractivity contribution >= 4 is 29.6 Å². The topological polar surface area (TPSA) is 122 Å². The van der Waals surface area contributed by atoms with Crippen LogP contribution in [0.25, 0.3) is 0 Å². The first kappa shape index (κ1) is 20.7. The van der Waals surface area contributed by atoms with Crippen molar-refractivity contribution in [3.05, 3.63) is 71.3 Å². The van der Waals surface area contributed by atoms with Gasteiger partial charge in [-0.2, -0.15) is 0 Å². The fourth-order valence-electron chi connectivity index (χ4n) is 2.77. The van der Waals surface area contributed by atoms with E-state index in [0.29, 0.717) is 11.1 Å². The molecule has 1 fully saturated rings. The predicted octanol–water partition coefficient (Wildman–Crippen LogP) is 0.954. The minimum atomic E-state index is -0.723. The lowest BCUT2D eigenvalue weighted by Crippen LogP contribution is -2.43. The van der Waals surface area contributed by atoms with E-state index in [-0.39, 0.29) is 36.8 Å². The maximum Gasteiger partial charge on any atom is 0.338 e. The summed E-state index contributed by atoms with van der Waals surface area (Å²) < 4.78 is 4.91. The van der Waals surface area contributed by atoms with Gasteiger partial charge in [0.05, 0.1) is 12.1 Å². The minimum absolute atomic E-state index is 0.149. The van der Waals surface area contributed by atoms with Crippen LogP contribution in [0.15, 0.2) is 54.6 Å². The molecule has 2 aromatic rings. The third kappa shape index (κ3) is 5.28. The van der Waals surface area contributed by atoms with Crippen molar-refractivity contribution in [2.24, 2.45) is 0 Å². The van der Waals surface area contributed by atoms with Gasteiger partial charge in [-0.3, -0.25) is 34.9 Å². The van der Waals surface area contributed by atoms with Crippen molar-refractivity contribution in [1.82, 2.24) is 15.8 Å². The number of nitrogens with one attached hydrogen (secondary N) is 2. The molecule has 0 spiro atoms. The smallest absolute Gasteiger partial charge is 0.338 e. The predicted molar refractivity (Wildman–Crippen MR) is 104 cm³/mol. The summed E-state index contributed by atoms with van der Waals surface area (Å²) >= 11 is 0. The molecule has 3 rings (SSSR count). The Balaban J connectivity index is 1.44. The molecule has 0 unspecified atom stereocenters. The molecule has 1 heterocycles. The summed E-state index contributed by atoms with van der Waals surface area (Å²) in [5.41, 5.74) is 5.65. The Labute approximate surface area is 172 Å². The summed E-state index contributed by atoms with van der Waals surface area (Å²) in [6.07, 6.45) is 0.439. The zero-order valence-electron chi connectivity index (χ0n) is 15.9. The highest BCUT2D eigenvalue weighted by Gasteiger charge is 2.28. The third-order valence-electron chi connectivity index (χ3n) is 4.37. The molecule has 1 aliphatic rings. The number of carbonyl (C=O) groups excluding carboxylic acids is 5. The Morgan fingerprint density at radius 2 is 1.47 bits per heavy atom. The van der Waals surface area contributed by atoms with Crippen LogP contribution in [0.5, 0.6) is 0 Å². The van der Waals surface area contributed by atoms with Gasteiger partial charge in [0.15, 0.2) is 6.61 Å². The molecule has 0 bridgehead atoms. The van der Waals surface area contributed by atoms with Gasteiger partial charge in [0.25, 0.3) is 11.8 Å². The van der Waals surface area contributed by atoms with Gasteiger partial charge in [-0.15, -0.1) is 0 Å². The molecular weight excluding hydrogens is 390 g/mol. The normalized spacial score (nSPS) is 13.1. The van der Waals surface area contributed by atoms with E-state index in [1.54, 1.807) is 42.5 Å². The van der Waals surface area contributed by atoms with Crippen LogP contribution in [0.3, 0.4) is 0 Å². The van der Waals surface area contributed by atoms with Crippen LogP contribution in [0.1, 0.15) is 39.1 Å². The van der Waals surface area contributed by atoms with Crippen molar-refractivity contribution in [3.63, 3.8) is 0 Å². The highest BCUT2D eigenvalue weighted by molar-refractivity contribution is 6.01. The first-order chi connectivity index (χ1) is 14.4. The third-order valence-corrected chi connectivity index (χ3v) is 4.37. The maximum absolute atomic E-state index is 12.1. The van der Waals surface area contributed by atoms with Gasteiger partial charge in [0.1, 0.15) is 0 Å². The molecule has 2 aromatic carbocycles. The van der Waals surface area contributed by atoms with Crippen LogP contribution in [0, 0.1) is 0 Å². The van der Waals surface area contributed by atoms with Crippen molar-refractivity contribution < 1.29 is 28.7 Å². The monoisotopic (exact) mass is 409 g/mol. The molecule has 30 heavy (non-hydrogen) atoms. The SMILES string of the molecule is O=C(COC(=O)c1ccc(CN2C(=O)CCC2=O)cc1)NNC(=O)c1ccccc1. The van der Waals surface area contributed by atoms with Gasteiger partial charge >= 0.3 is 5.97 Å². The van der Waals surface area contributed by atoms with Gasteiger partial charge in [-0.1, -0.05) is 30.3 Å². The van der Waals surface area contributed by atoms with E-state index in [1.165, 1.54) is 17.0 Å². The molecule has 154 valence electrons. The Morgan fingerprint density at radius 1 is 0.833 bits per heavy atom. The van der Waals surface area contributed by atoms with E-state index in [2.05, 4.69) is 10.9 Å². The number of ether oxygens (including phenoxy) is 1. The number of hydrogen-bond donors (Lipinski definition) is 2. The number of esters is 1. The number of rotatable bonds is 6. The van der Waals surface area contributed by atoms with E-state index in [4.69, 9.17) is 4.74 Å². The standard InChI is InChI=1S/C21H19N3O6/c25-17(22-23-20(28)15-4-2-1-3-5-15)13-30-21(29)16-8-6-14(7-9-16)12-24-18(26)10-11-19(24)27/h1-9H,10-13H2,(H,22,25)(H,23,28). The van der Waals surface area contributed by atoms with E-state index in [9.17, 15) is 24.0 Å². The van der Waals surface area contributed by atoms with Crippen LogP contribution in [-0.2, 0) is 25.7 Å². The second-order valence-electron chi connectivity index (χ2n) is 6.52. The number of hydrogen-bond acceptors (Lipinski definition) is 6. The number of benzene rings is 2. The molecule has 1 aliphatic heterocycles. The molecule has 9 nitrogen and oxygen atoms in total. The summed E-state index contributed by atoms with van der Waals surface area (Å²) in [5.74, 6) is -2.35. The van der Waals surface area contributed by atoms with Crippen LogP contribution in [-0.4, -0.2) is 41.1 Å². The van der Waals surface area contributed by atoms with Crippen LogP contribution in [0.2, 0.25) is 0 Å². The Bertz CT molecular complexity index is 956. The average molecular weight is 409 g/mol. The molecule has 0 atom stereocenters. The summed E-state index contributed by atoms with van der Waals surface area (Å²) in [6.45, 7) is -0.428. The molecule has 0 aromatic heterocycles. The molecule has 4 amide bonds. The van der Waals surface area contributed by atoms with E-state index < -0.39 is 24.4 Å². The number of carbonyl (C=O) groups is 5. The van der Waals surface area contributed by atoms with E-state index in [1.807, 2.05) is 0 Å². The zero-order valence-corrected chi connectivity index (χ0v) is 15.9. The number of amides is 4. The van der Waals surface area contributed by atoms with E-state index in [0.717, 1.165) is 0 Å². The lowest BCUT2D eigenvalue weighted by atomic mass is 10.1. The van der Waals surface area contributed by atoms with Gasteiger partial charge in [-0.05, 0) is 29.8 Å². The number of likely N-dealkylation sites (tertiary alicyclic amines) is 1. The molecular formula is C21H19N3O6. The van der Waals surface area contributed by atoms with Crippen molar-refractivity contribution in [1.29, 1.82) is 0 Å². The quantitative estimate of drug-likeness (QED) is 0.416. The largest absolute Gasteiger partial charge is 0.452 e. The maximum atomic E-state index is 12.1. The summed E-state index contributed by atoms with van der Waals surface area (Å²) in [7, 11) is 0. The number of hydrazine groups is 1.